The Labute approximate surface area is 230 Å². The molecule has 6 nitrogen and oxygen atoms in total. The quantitative estimate of drug-likeness (QED) is 0.213. The van der Waals surface area contributed by atoms with Crippen LogP contribution in [0.4, 0.5) is 10.5 Å². The monoisotopic (exact) mass is 544 g/mol. The molecule has 0 spiro atoms. The molecule has 1 heterocycles. The normalized spacial score (nSPS) is 14.2. The summed E-state index contributed by atoms with van der Waals surface area (Å²) in [7, 11) is 1.43. The highest BCUT2D eigenvalue weighted by molar-refractivity contribution is 7.07. The summed E-state index contributed by atoms with van der Waals surface area (Å²) in [5, 5.41) is 5.39. The van der Waals surface area contributed by atoms with Gasteiger partial charge < -0.3 is 9.47 Å². The molecule has 5 rings (SSSR count). The molecule has 1 N–H and O–H groups in total. The van der Waals surface area contributed by atoms with Crippen molar-refractivity contribution in [2.24, 2.45) is 0 Å². The summed E-state index contributed by atoms with van der Waals surface area (Å²) in [4.78, 5) is 25.5. The van der Waals surface area contributed by atoms with E-state index in [1.807, 2.05) is 55.5 Å². The molecule has 0 radical (unpaired) electrons. The fourth-order valence-corrected chi connectivity index (χ4v) is 5.44. The number of carbonyl (C=O) groups is 2. The van der Waals surface area contributed by atoms with Crippen LogP contribution in [0, 0.1) is 18.8 Å². The van der Waals surface area contributed by atoms with Crippen LogP contribution in [0.2, 0.25) is 5.02 Å². The van der Waals surface area contributed by atoms with Gasteiger partial charge >= 0.3 is 12.1 Å². The first kappa shape index (κ1) is 25.8. The highest BCUT2D eigenvalue weighted by Gasteiger charge is 2.52. The summed E-state index contributed by atoms with van der Waals surface area (Å²) >= 11 is 7.44. The van der Waals surface area contributed by atoms with Gasteiger partial charge in [-0.15, -0.1) is 0 Å². The van der Waals surface area contributed by atoms with E-state index in [4.69, 9.17) is 21.1 Å². The molecule has 0 bridgehead atoms. The first-order valence-electron chi connectivity index (χ1n) is 12.1. The number of ether oxygens (including phenoxy) is 2. The van der Waals surface area contributed by atoms with Gasteiger partial charge in [-0.1, -0.05) is 60.0 Å². The van der Waals surface area contributed by atoms with Crippen molar-refractivity contribution in [3.8, 4) is 11.8 Å². The standard InChI is InChI=1S/C30H25ClN2O4S/c1-18-27(32-29(35)37-19(2)24-6-4-5-7-25(24)31)26(38-33-18)13-9-20-8-10-22-17-23(12-11-21(22)16-20)30(14-15-30)28(34)36-3/h4-8,10-12,16-17,19H,14-15H2,1-3H3,(H,32,35)/t19-/m1/s1. The Morgan fingerprint density at radius 1 is 1.08 bits per heavy atom. The lowest BCUT2D eigenvalue weighted by Crippen LogP contribution is -2.21. The van der Waals surface area contributed by atoms with Crippen LogP contribution in [-0.4, -0.2) is 23.5 Å². The average Bonchev–Trinajstić information content (AvgIpc) is 3.66. The third kappa shape index (κ3) is 5.10. The van der Waals surface area contributed by atoms with Crippen molar-refractivity contribution in [1.29, 1.82) is 0 Å². The van der Waals surface area contributed by atoms with Crippen molar-refractivity contribution < 1.29 is 19.1 Å². The molecule has 1 fully saturated rings. The maximum absolute atomic E-state index is 12.6. The van der Waals surface area contributed by atoms with Gasteiger partial charge in [-0.2, -0.15) is 4.37 Å². The summed E-state index contributed by atoms with van der Waals surface area (Å²) in [6.07, 6.45) is 0.494. The molecule has 0 saturated heterocycles. The summed E-state index contributed by atoms with van der Waals surface area (Å²) < 4.78 is 14.9. The third-order valence-electron chi connectivity index (χ3n) is 6.76. The van der Waals surface area contributed by atoms with Crippen molar-refractivity contribution in [2.75, 3.05) is 12.4 Å². The van der Waals surface area contributed by atoms with Crippen LogP contribution in [0.15, 0.2) is 60.7 Å². The van der Waals surface area contributed by atoms with Crippen molar-refractivity contribution in [3.63, 3.8) is 0 Å². The number of rotatable bonds is 5. The second-order valence-electron chi connectivity index (χ2n) is 9.27. The fraction of sp³-hybridized carbons (Fsp3) is 0.233. The number of nitrogens with one attached hydrogen (secondary N) is 1. The molecular weight excluding hydrogens is 520 g/mol. The topological polar surface area (TPSA) is 77.5 Å². The first-order chi connectivity index (χ1) is 18.3. The van der Waals surface area contributed by atoms with Gasteiger partial charge in [-0.3, -0.25) is 10.1 Å². The molecule has 1 atom stereocenters. The van der Waals surface area contributed by atoms with E-state index in [1.54, 1.807) is 13.0 Å². The minimum atomic E-state index is -0.606. The molecule has 8 heteroatoms. The predicted octanol–water partition coefficient (Wildman–Crippen LogP) is 7.17. The van der Waals surface area contributed by atoms with Crippen LogP contribution in [0.5, 0.6) is 0 Å². The Kier molecular flexibility index (Phi) is 7.11. The van der Waals surface area contributed by atoms with E-state index in [0.29, 0.717) is 21.3 Å². The Balaban J connectivity index is 1.32. The highest BCUT2D eigenvalue weighted by Crippen LogP contribution is 2.49. The van der Waals surface area contributed by atoms with E-state index in [0.717, 1.165) is 40.3 Å². The number of halogens is 1. The number of amides is 1. The van der Waals surface area contributed by atoms with E-state index in [2.05, 4.69) is 27.6 Å². The largest absolute Gasteiger partial charge is 0.468 e. The lowest BCUT2D eigenvalue weighted by molar-refractivity contribution is -0.143. The minimum absolute atomic E-state index is 0.175. The van der Waals surface area contributed by atoms with Gasteiger partial charge in [0.2, 0.25) is 0 Å². The van der Waals surface area contributed by atoms with Crippen molar-refractivity contribution in [1.82, 2.24) is 4.37 Å². The smallest absolute Gasteiger partial charge is 0.412 e. The number of fused-ring (bicyclic) bond motifs is 1. The molecule has 1 aliphatic carbocycles. The third-order valence-corrected chi connectivity index (χ3v) is 7.95. The number of methoxy groups -OCH3 is 1. The molecule has 0 aliphatic heterocycles. The Morgan fingerprint density at radius 3 is 2.55 bits per heavy atom. The number of hydrogen-bond donors (Lipinski definition) is 1. The van der Waals surface area contributed by atoms with Gasteiger partial charge in [0.05, 0.1) is 23.9 Å². The molecule has 1 amide bonds. The van der Waals surface area contributed by atoms with Gasteiger partial charge in [0.1, 0.15) is 11.0 Å². The molecule has 1 saturated carbocycles. The average molecular weight is 545 g/mol. The van der Waals surface area contributed by atoms with Crippen LogP contribution in [0.1, 0.15) is 53.1 Å². The minimum Gasteiger partial charge on any atom is -0.468 e. The summed E-state index contributed by atoms with van der Waals surface area (Å²) in [6.45, 7) is 3.58. The van der Waals surface area contributed by atoms with E-state index in [1.165, 1.54) is 18.6 Å². The highest BCUT2D eigenvalue weighted by atomic mass is 35.5. The number of hydrogen-bond acceptors (Lipinski definition) is 6. The second-order valence-corrected chi connectivity index (χ2v) is 10.4. The van der Waals surface area contributed by atoms with Gasteiger partial charge in [0.15, 0.2) is 0 Å². The number of aryl methyl sites for hydroxylation is 1. The zero-order valence-corrected chi connectivity index (χ0v) is 22.7. The zero-order chi connectivity index (χ0) is 26.9. The Morgan fingerprint density at radius 2 is 1.82 bits per heavy atom. The maximum Gasteiger partial charge on any atom is 0.412 e. The van der Waals surface area contributed by atoms with Crippen molar-refractivity contribution in [3.05, 3.63) is 92.9 Å². The van der Waals surface area contributed by atoms with Crippen LogP contribution in [0.3, 0.4) is 0 Å². The molecule has 192 valence electrons. The molecule has 4 aromatic rings. The summed E-state index contributed by atoms with van der Waals surface area (Å²) in [5.41, 5.74) is 3.23. The van der Waals surface area contributed by atoms with Gasteiger partial charge in [-0.25, -0.2) is 4.79 Å². The molecule has 1 aromatic heterocycles. The van der Waals surface area contributed by atoms with Gasteiger partial charge in [0.25, 0.3) is 0 Å². The number of aromatic nitrogens is 1. The molecule has 38 heavy (non-hydrogen) atoms. The van der Waals surface area contributed by atoms with Crippen LogP contribution >= 0.6 is 23.1 Å². The lowest BCUT2D eigenvalue weighted by Gasteiger charge is -2.15. The van der Waals surface area contributed by atoms with E-state index >= 15 is 0 Å². The Bertz CT molecular complexity index is 1610. The van der Waals surface area contributed by atoms with Crippen LogP contribution < -0.4 is 5.32 Å². The molecule has 0 unspecified atom stereocenters. The number of carbonyl (C=O) groups excluding carboxylic acids is 2. The number of nitrogens with zero attached hydrogens (tertiary/aromatic N) is 1. The van der Waals surface area contributed by atoms with E-state index < -0.39 is 17.6 Å². The number of benzene rings is 3. The summed E-state index contributed by atoms with van der Waals surface area (Å²) in [6, 6.07) is 19.3. The summed E-state index contributed by atoms with van der Waals surface area (Å²) in [5.74, 6) is 6.14. The molecular formula is C30H25ClN2O4S. The predicted molar refractivity (Wildman–Crippen MR) is 150 cm³/mol. The van der Waals surface area contributed by atoms with Crippen LogP contribution in [-0.2, 0) is 19.7 Å². The lowest BCUT2D eigenvalue weighted by atomic mass is 9.93. The SMILES string of the molecule is COC(=O)C1(c2ccc3cc(C#Cc4snc(C)c4NC(=O)O[C@H](C)c4ccccc4Cl)ccc3c2)CC1. The van der Waals surface area contributed by atoms with E-state index in [-0.39, 0.29) is 5.97 Å². The fourth-order valence-electron chi connectivity index (χ4n) is 4.44. The van der Waals surface area contributed by atoms with Crippen molar-refractivity contribution in [2.45, 2.75) is 38.2 Å². The molecule has 1 aliphatic rings. The van der Waals surface area contributed by atoms with Gasteiger partial charge in [0, 0.05) is 16.1 Å². The zero-order valence-electron chi connectivity index (χ0n) is 21.1. The van der Waals surface area contributed by atoms with Gasteiger partial charge in [-0.05, 0) is 78.7 Å². The second kappa shape index (κ2) is 10.5. The molecule has 3 aromatic carbocycles. The first-order valence-corrected chi connectivity index (χ1v) is 13.3. The number of anilines is 1. The van der Waals surface area contributed by atoms with Crippen molar-refractivity contribution >= 4 is 51.7 Å². The number of esters is 1. The Hall–Kier alpha value is -3.86. The maximum atomic E-state index is 12.6. The van der Waals surface area contributed by atoms with Crippen LogP contribution in [0.25, 0.3) is 10.8 Å². The van der Waals surface area contributed by atoms with E-state index in [9.17, 15) is 9.59 Å².